The second-order valence-electron chi connectivity index (χ2n) is 3.00. The minimum atomic E-state index is -3.10. The predicted molar refractivity (Wildman–Crippen MR) is 52.4 cm³/mol. The lowest BCUT2D eigenvalue weighted by Gasteiger charge is -2.08. The Kier molecular flexibility index (Phi) is 3.08. The summed E-state index contributed by atoms with van der Waals surface area (Å²) in [5, 5.41) is 17.6. The van der Waals surface area contributed by atoms with E-state index < -0.39 is 17.4 Å². The molecular formula is C8H5F2N5O3. The average molecular weight is 257 g/mol. The minimum absolute atomic E-state index is 0.0954. The van der Waals surface area contributed by atoms with Crippen molar-refractivity contribution in [3.8, 4) is 11.6 Å². The molecule has 10 heteroatoms. The fourth-order valence-electron chi connectivity index (χ4n) is 1.21. The van der Waals surface area contributed by atoms with E-state index in [1.165, 1.54) is 12.4 Å². The fourth-order valence-corrected chi connectivity index (χ4v) is 1.21. The summed E-state index contributed by atoms with van der Waals surface area (Å²) in [6.07, 6.45) is 3.42. The Bertz CT molecular complexity index is 560. The van der Waals surface area contributed by atoms with E-state index in [1.807, 2.05) is 0 Å². The lowest BCUT2D eigenvalue weighted by atomic mass is 10.3. The van der Waals surface area contributed by atoms with E-state index >= 15 is 0 Å². The number of hydrogen-bond donors (Lipinski definition) is 0. The van der Waals surface area contributed by atoms with Crippen molar-refractivity contribution in [1.29, 1.82) is 0 Å². The molecule has 0 aromatic carbocycles. The molecule has 0 amide bonds. The Morgan fingerprint density at radius 1 is 1.50 bits per heavy atom. The summed E-state index contributed by atoms with van der Waals surface area (Å²) in [5.41, 5.74) is -0.468. The molecule has 2 heterocycles. The summed E-state index contributed by atoms with van der Waals surface area (Å²) in [6, 6.07) is 1.01. The Labute approximate surface area is 98.0 Å². The van der Waals surface area contributed by atoms with Gasteiger partial charge in [0.05, 0.1) is 17.3 Å². The van der Waals surface area contributed by atoms with Crippen LogP contribution in [0.15, 0.2) is 24.7 Å². The number of hydrogen-bond acceptors (Lipinski definition) is 6. The third-order valence-electron chi connectivity index (χ3n) is 1.90. The maximum Gasteiger partial charge on any atom is 0.388 e. The monoisotopic (exact) mass is 257 g/mol. The van der Waals surface area contributed by atoms with Gasteiger partial charge in [0.25, 0.3) is 5.69 Å². The number of nitro groups is 1. The van der Waals surface area contributed by atoms with Gasteiger partial charge in [-0.05, 0) is 0 Å². The molecule has 18 heavy (non-hydrogen) atoms. The van der Waals surface area contributed by atoms with Crippen LogP contribution in [0.3, 0.4) is 0 Å². The third-order valence-corrected chi connectivity index (χ3v) is 1.90. The Hall–Kier alpha value is -2.65. The molecule has 0 fully saturated rings. The van der Waals surface area contributed by atoms with Crippen LogP contribution in [0, 0.1) is 10.1 Å². The number of alkyl halides is 2. The zero-order valence-corrected chi connectivity index (χ0v) is 8.60. The molecule has 0 N–H and O–H groups in total. The number of rotatable bonds is 4. The van der Waals surface area contributed by atoms with Gasteiger partial charge < -0.3 is 4.74 Å². The van der Waals surface area contributed by atoms with Crippen molar-refractivity contribution in [2.24, 2.45) is 0 Å². The van der Waals surface area contributed by atoms with Crippen molar-refractivity contribution in [2.75, 3.05) is 0 Å². The molecule has 0 spiro atoms. The molecule has 0 bridgehead atoms. The number of nitrogens with zero attached hydrogens (tertiary/aromatic N) is 5. The molecule has 0 aliphatic carbocycles. The van der Waals surface area contributed by atoms with Crippen LogP contribution in [0.5, 0.6) is 5.88 Å². The zero-order valence-electron chi connectivity index (χ0n) is 8.60. The molecular weight excluding hydrogens is 252 g/mol. The van der Waals surface area contributed by atoms with E-state index in [0.717, 1.165) is 16.9 Å². The van der Waals surface area contributed by atoms with E-state index in [1.54, 1.807) is 0 Å². The van der Waals surface area contributed by atoms with Crippen molar-refractivity contribution in [1.82, 2.24) is 20.0 Å². The van der Waals surface area contributed by atoms with Gasteiger partial charge >= 0.3 is 6.61 Å². The van der Waals surface area contributed by atoms with Crippen LogP contribution >= 0.6 is 0 Å². The molecule has 8 nitrogen and oxygen atoms in total. The molecule has 0 aliphatic rings. The highest BCUT2D eigenvalue weighted by molar-refractivity contribution is 5.47. The van der Waals surface area contributed by atoms with E-state index in [-0.39, 0.29) is 11.4 Å². The summed E-state index contributed by atoms with van der Waals surface area (Å²) in [6.45, 7) is -3.10. The van der Waals surface area contributed by atoms with Crippen molar-refractivity contribution in [2.45, 2.75) is 6.61 Å². The predicted octanol–water partition coefficient (Wildman–Crippen LogP) is 1.17. The van der Waals surface area contributed by atoms with Crippen molar-refractivity contribution >= 4 is 5.69 Å². The summed E-state index contributed by atoms with van der Waals surface area (Å²) in [4.78, 5) is 13.3. The topological polar surface area (TPSA) is 96.0 Å². The molecule has 2 aromatic heterocycles. The lowest BCUT2D eigenvalue weighted by Crippen LogP contribution is -2.08. The molecule has 0 aliphatic heterocycles. The van der Waals surface area contributed by atoms with Crippen LogP contribution in [0.4, 0.5) is 14.5 Å². The van der Waals surface area contributed by atoms with Crippen LogP contribution < -0.4 is 4.74 Å². The molecule has 0 atom stereocenters. The smallest absolute Gasteiger partial charge is 0.388 e. The second kappa shape index (κ2) is 4.69. The Morgan fingerprint density at radius 3 is 2.83 bits per heavy atom. The van der Waals surface area contributed by atoms with Gasteiger partial charge in [0.1, 0.15) is 11.9 Å². The van der Waals surface area contributed by atoms with Crippen LogP contribution in [0.2, 0.25) is 0 Å². The van der Waals surface area contributed by atoms with E-state index in [2.05, 4.69) is 20.0 Å². The lowest BCUT2D eigenvalue weighted by molar-refractivity contribution is -0.385. The van der Waals surface area contributed by atoms with E-state index in [0.29, 0.717) is 0 Å². The van der Waals surface area contributed by atoms with Gasteiger partial charge in [-0.15, -0.1) is 5.10 Å². The van der Waals surface area contributed by atoms with Crippen LogP contribution in [-0.4, -0.2) is 31.5 Å². The van der Waals surface area contributed by atoms with Gasteiger partial charge in [0, 0.05) is 6.07 Å². The molecule has 0 radical (unpaired) electrons. The largest absolute Gasteiger partial charge is 0.415 e. The maximum atomic E-state index is 12.2. The standard InChI is InChI=1S/C8H5F2N5O3/c9-8(10)18-7-6(14-2-1-12-13-14)3-5(4-11-7)15(16)17/h1-4,8H. The summed E-state index contributed by atoms with van der Waals surface area (Å²) in [5.74, 6) is -0.471. The first kappa shape index (κ1) is 11.8. The van der Waals surface area contributed by atoms with Crippen LogP contribution in [0.25, 0.3) is 5.69 Å². The molecule has 2 aromatic rings. The number of pyridine rings is 1. The highest BCUT2D eigenvalue weighted by Gasteiger charge is 2.18. The summed E-state index contributed by atoms with van der Waals surface area (Å²) < 4.78 is 29.5. The van der Waals surface area contributed by atoms with Gasteiger partial charge in [-0.3, -0.25) is 10.1 Å². The Balaban J connectivity index is 2.50. The zero-order chi connectivity index (χ0) is 13.1. The summed E-state index contributed by atoms with van der Waals surface area (Å²) >= 11 is 0. The first-order valence-corrected chi connectivity index (χ1v) is 4.54. The van der Waals surface area contributed by atoms with Gasteiger partial charge in [-0.1, -0.05) is 5.21 Å². The van der Waals surface area contributed by atoms with Gasteiger partial charge in [0.2, 0.25) is 5.88 Å². The first-order chi connectivity index (χ1) is 8.58. The van der Waals surface area contributed by atoms with Gasteiger partial charge in [0.15, 0.2) is 0 Å². The van der Waals surface area contributed by atoms with Crippen LogP contribution in [0.1, 0.15) is 0 Å². The number of halogens is 2. The quantitative estimate of drug-likeness (QED) is 0.602. The highest BCUT2D eigenvalue weighted by atomic mass is 19.3. The third kappa shape index (κ3) is 2.36. The molecule has 0 saturated carbocycles. The normalized spacial score (nSPS) is 10.6. The highest BCUT2D eigenvalue weighted by Crippen LogP contribution is 2.25. The maximum absolute atomic E-state index is 12.2. The molecule has 2 rings (SSSR count). The van der Waals surface area contributed by atoms with E-state index in [4.69, 9.17) is 0 Å². The second-order valence-corrected chi connectivity index (χ2v) is 3.00. The minimum Gasteiger partial charge on any atom is -0.415 e. The van der Waals surface area contributed by atoms with Crippen LogP contribution in [-0.2, 0) is 0 Å². The number of ether oxygens (including phenoxy) is 1. The van der Waals surface area contributed by atoms with Gasteiger partial charge in [-0.25, -0.2) is 9.67 Å². The first-order valence-electron chi connectivity index (χ1n) is 4.54. The number of aromatic nitrogens is 4. The van der Waals surface area contributed by atoms with Crippen molar-refractivity contribution < 1.29 is 18.4 Å². The fraction of sp³-hybridized carbons (Fsp3) is 0.125. The average Bonchev–Trinajstić information content (AvgIpc) is 2.81. The summed E-state index contributed by atoms with van der Waals surface area (Å²) in [7, 11) is 0. The Morgan fingerprint density at radius 2 is 2.28 bits per heavy atom. The molecule has 94 valence electrons. The SMILES string of the molecule is O=[N+]([O-])c1cnc(OC(F)F)c(-n2ccnn2)c1. The molecule has 0 saturated heterocycles. The van der Waals surface area contributed by atoms with Crippen molar-refractivity contribution in [3.05, 3.63) is 34.8 Å². The van der Waals surface area contributed by atoms with Gasteiger partial charge in [-0.2, -0.15) is 8.78 Å². The molecule has 0 unspecified atom stereocenters. The van der Waals surface area contributed by atoms with E-state index in [9.17, 15) is 18.9 Å². The van der Waals surface area contributed by atoms with Crippen molar-refractivity contribution in [3.63, 3.8) is 0 Å².